The summed E-state index contributed by atoms with van der Waals surface area (Å²) in [7, 11) is 1.77. The van der Waals surface area contributed by atoms with E-state index in [0.717, 1.165) is 12.8 Å². The van der Waals surface area contributed by atoms with Crippen LogP contribution in [-0.2, 0) is 11.2 Å². The first-order chi connectivity index (χ1) is 9.54. The normalized spacial score (nSPS) is 20.6. The lowest BCUT2D eigenvalue weighted by molar-refractivity contribution is -0.132. The molecule has 110 valence electrons. The highest BCUT2D eigenvalue weighted by Gasteiger charge is 2.24. The monoisotopic (exact) mass is 295 g/mol. The van der Waals surface area contributed by atoms with Crippen molar-refractivity contribution in [2.24, 2.45) is 0 Å². The predicted octanol–water partition coefficient (Wildman–Crippen LogP) is 1.60. The Morgan fingerprint density at radius 3 is 3.05 bits per heavy atom. The first kappa shape index (κ1) is 14.8. The zero-order chi connectivity index (χ0) is 14.5. The van der Waals surface area contributed by atoms with Crippen molar-refractivity contribution >= 4 is 23.3 Å². The largest absolute Gasteiger partial charge is 0.344 e. The molecule has 0 spiro atoms. The predicted molar refractivity (Wildman–Crippen MR) is 79.8 cm³/mol. The third kappa shape index (κ3) is 4.23. The van der Waals surface area contributed by atoms with Crippen LogP contribution in [0.4, 0.5) is 4.79 Å². The molecule has 0 aliphatic carbocycles. The van der Waals surface area contributed by atoms with Crippen LogP contribution >= 0.6 is 11.3 Å². The van der Waals surface area contributed by atoms with E-state index in [-0.39, 0.29) is 24.0 Å². The zero-order valence-electron chi connectivity index (χ0n) is 11.9. The van der Waals surface area contributed by atoms with E-state index in [1.165, 1.54) is 5.56 Å². The molecular formula is C14H21N3O2S. The van der Waals surface area contributed by atoms with Crippen molar-refractivity contribution in [3.05, 3.63) is 22.4 Å². The summed E-state index contributed by atoms with van der Waals surface area (Å²) in [6.07, 6.45) is 2.06. The summed E-state index contributed by atoms with van der Waals surface area (Å²) in [6.45, 7) is 2.58. The van der Waals surface area contributed by atoms with E-state index in [1.54, 1.807) is 23.3 Å². The molecule has 2 atom stereocenters. The Balaban J connectivity index is 1.73. The molecule has 5 nitrogen and oxygen atoms in total. The molecule has 2 heterocycles. The van der Waals surface area contributed by atoms with Crippen molar-refractivity contribution in [2.75, 3.05) is 13.6 Å². The van der Waals surface area contributed by atoms with Gasteiger partial charge in [0.15, 0.2) is 0 Å². The van der Waals surface area contributed by atoms with Crippen LogP contribution in [0.5, 0.6) is 0 Å². The number of rotatable bonds is 4. The fraction of sp³-hybridized carbons (Fsp3) is 0.571. The van der Waals surface area contributed by atoms with Crippen LogP contribution in [0, 0.1) is 0 Å². The summed E-state index contributed by atoms with van der Waals surface area (Å²) < 4.78 is 0. The van der Waals surface area contributed by atoms with Gasteiger partial charge in [-0.05, 0) is 42.2 Å². The number of urea groups is 1. The smallest absolute Gasteiger partial charge is 0.315 e. The van der Waals surface area contributed by atoms with Gasteiger partial charge in [0, 0.05) is 32.1 Å². The van der Waals surface area contributed by atoms with Crippen LogP contribution in [0.15, 0.2) is 16.8 Å². The number of amides is 3. The zero-order valence-corrected chi connectivity index (χ0v) is 12.7. The van der Waals surface area contributed by atoms with Gasteiger partial charge in [-0.15, -0.1) is 0 Å². The first-order valence-electron chi connectivity index (χ1n) is 6.86. The SMILES string of the molecule is C[C@@H](Cc1ccsc1)NC(=O)N[C@H]1CCC(=O)N(C)C1. The van der Waals surface area contributed by atoms with E-state index in [0.29, 0.717) is 13.0 Å². The van der Waals surface area contributed by atoms with Gasteiger partial charge in [0.25, 0.3) is 0 Å². The van der Waals surface area contributed by atoms with Gasteiger partial charge in [0.05, 0.1) is 0 Å². The Bertz CT molecular complexity index is 461. The minimum absolute atomic E-state index is 0.0473. The lowest BCUT2D eigenvalue weighted by atomic mass is 10.1. The number of nitrogens with zero attached hydrogens (tertiary/aromatic N) is 1. The molecule has 0 aromatic carbocycles. The van der Waals surface area contributed by atoms with Crippen molar-refractivity contribution in [2.45, 2.75) is 38.3 Å². The molecule has 0 radical (unpaired) electrons. The minimum Gasteiger partial charge on any atom is -0.344 e. The molecular weight excluding hydrogens is 274 g/mol. The quantitative estimate of drug-likeness (QED) is 0.886. The van der Waals surface area contributed by atoms with Gasteiger partial charge in [-0.25, -0.2) is 4.79 Å². The highest BCUT2D eigenvalue weighted by molar-refractivity contribution is 7.07. The molecule has 0 unspecified atom stereocenters. The maximum Gasteiger partial charge on any atom is 0.315 e. The van der Waals surface area contributed by atoms with E-state index in [2.05, 4.69) is 22.1 Å². The average Bonchev–Trinajstić information content (AvgIpc) is 2.86. The third-order valence-corrected chi connectivity index (χ3v) is 4.19. The minimum atomic E-state index is -0.152. The van der Waals surface area contributed by atoms with Gasteiger partial charge < -0.3 is 15.5 Å². The van der Waals surface area contributed by atoms with E-state index in [1.807, 2.05) is 12.3 Å². The number of likely N-dealkylation sites (tertiary alicyclic amines) is 1. The maximum absolute atomic E-state index is 11.9. The molecule has 3 amide bonds. The topological polar surface area (TPSA) is 61.4 Å². The van der Waals surface area contributed by atoms with Gasteiger partial charge in [-0.2, -0.15) is 11.3 Å². The number of nitrogens with one attached hydrogen (secondary N) is 2. The maximum atomic E-state index is 11.9. The summed E-state index contributed by atoms with van der Waals surface area (Å²) in [6, 6.07) is 2.06. The Labute approximate surface area is 123 Å². The molecule has 6 heteroatoms. The second-order valence-electron chi connectivity index (χ2n) is 5.36. The Morgan fingerprint density at radius 1 is 1.60 bits per heavy atom. The molecule has 1 fully saturated rings. The molecule has 1 saturated heterocycles. The highest BCUT2D eigenvalue weighted by Crippen LogP contribution is 2.10. The molecule has 1 aliphatic rings. The molecule has 1 aromatic heterocycles. The highest BCUT2D eigenvalue weighted by atomic mass is 32.1. The molecule has 0 saturated carbocycles. The van der Waals surface area contributed by atoms with Crippen LogP contribution < -0.4 is 10.6 Å². The third-order valence-electron chi connectivity index (χ3n) is 3.46. The van der Waals surface area contributed by atoms with Gasteiger partial charge in [0.1, 0.15) is 0 Å². The van der Waals surface area contributed by atoms with E-state index in [9.17, 15) is 9.59 Å². The van der Waals surface area contributed by atoms with Crippen molar-refractivity contribution in [1.82, 2.24) is 15.5 Å². The lowest BCUT2D eigenvalue weighted by Crippen LogP contribution is -2.52. The number of thiophene rings is 1. The van der Waals surface area contributed by atoms with E-state index >= 15 is 0 Å². The van der Waals surface area contributed by atoms with Crippen molar-refractivity contribution in [1.29, 1.82) is 0 Å². The van der Waals surface area contributed by atoms with Gasteiger partial charge in [-0.3, -0.25) is 4.79 Å². The number of carbonyl (C=O) groups excluding carboxylic acids is 2. The molecule has 0 bridgehead atoms. The van der Waals surface area contributed by atoms with Crippen molar-refractivity contribution < 1.29 is 9.59 Å². The van der Waals surface area contributed by atoms with Crippen molar-refractivity contribution in [3.8, 4) is 0 Å². The molecule has 1 aliphatic heterocycles. The van der Waals surface area contributed by atoms with Crippen LogP contribution in [0.1, 0.15) is 25.3 Å². The fourth-order valence-corrected chi connectivity index (χ4v) is 3.08. The van der Waals surface area contributed by atoms with Crippen LogP contribution in [0.2, 0.25) is 0 Å². The number of carbonyl (C=O) groups is 2. The number of hydrogen-bond donors (Lipinski definition) is 2. The molecule has 2 rings (SSSR count). The summed E-state index contributed by atoms with van der Waals surface area (Å²) in [5, 5.41) is 10.0. The van der Waals surface area contributed by atoms with Crippen LogP contribution in [0.3, 0.4) is 0 Å². The fourth-order valence-electron chi connectivity index (χ4n) is 2.39. The van der Waals surface area contributed by atoms with Crippen LogP contribution in [0.25, 0.3) is 0 Å². The molecule has 1 aromatic rings. The second-order valence-corrected chi connectivity index (χ2v) is 6.14. The van der Waals surface area contributed by atoms with Gasteiger partial charge in [-0.1, -0.05) is 0 Å². The van der Waals surface area contributed by atoms with Crippen molar-refractivity contribution in [3.63, 3.8) is 0 Å². The summed E-state index contributed by atoms with van der Waals surface area (Å²) in [4.78, 5) is 25.0. The number of hydrogen-bond acceptors (Lipinski definition) is 3. The Hall–Kier alpha value is -1.56. The summed E-state index contributed by atoms with van der Waals surface area (Å²) in [5.41, 5.74) is 1.24. The first-order valence-corrected chi connectivity index (χ1v) is 7.81. The lowest BCUT2D eigenvalue weighted by Gasteiger charge is -2.30. The van der Waals surface area contributed by atoms with Crippen LogP contribution in [-0.4, -0.2) is 42.5 Å². The molecule has 20 heavy (non-hydrogen) atoms. The second kappa shape index (κ2) is 6.74. The summed E-state index contributed by atoms with van der Waals surface area (Å²) >= 11 is 1.66. The van der Waals surface area contributed by atoms with Gasteiger partial charge >= 0.3 is 6.03 Å². The number of likely N-dealkylation sites (N-methyl/N-ethyl adjacent to an activating group) is 1. The number of piperidine rings is 1. The Morgan fingerprint density at radius 2 is 2.40 bits per heavy atom. The molecule has 2 N–H and O–H groups in total. The average molecular weight is 295 g/mol. The van der Waals surface area contributed by atoms with E-state index in [4.69, 9.17) is 0 Å². The standard InChI is InChI=1S/C14H21N3O2S/c1-10(7-11-5-6-20-9-11)15-14(19)16-12-3-4-13(18)17(2)8-12/h5-6,9-10,12H,3-4,7-8H2,1-2H3,(H2,15,16,19)/t10-,12-/m0/s1. The van der Waals surface area contributed by atoms with E-state index < -0.39 is 0 Å². The summed E-state index contributed by atoms with van der Waals surface area (Å²) in [5.74, 6) is 0.147. The van der Waals surface area contributed by atoms with Gasteiger partial charge in [0.2, 0.25) is 5.91 Å². The Kier molecular flexibility index (Phi) is 5.00.